The largest absolute Gasteiger partial charge is 0.495 e. The Bertz CT molecular complexity index is 1510. The van der Waals surface area contributed by atoms with E-state index in [0.717, 1.165) is 17.0 Å². The summed E-state index contributed by atoms with van der Waals surface area (Å²) >= 11 is 1.41. The summed E-state index contributed by atoms with van der Waals surface area (Å²) in [6, 6.07) is 14.8. The van der Waals surface area contributed by atoms with Gasteiger partial charge in [0.1, 0.15) is 11.6 Å². The number of aryl methyl sites for hydroxylation is 1. The van der Waals surface area contributed by atoms with Crippen LogP contribution in [0.2, 0.25) is 0 Å². The van der Waals surface area contributed by atoms with E-state index in [0.29, 0.717) is 33.9 Å². The number of anilines is 2. The Balaban J connectivity index is 1.21. The zero-order chi connectivity index (χ0) is 25.5. The van der Waals surface area contributed by atoms with Crippen molar-refractivity contribution in [3.63, 3.8) is 0 Å². The monoisotopic (exact) mass is 517 g/mol. The van der Waals surface area contributed by atoms with Crippen LogP contribution in [0.25, 0.3) is 16.4 Å². The molecule has 4 aromatic rings. The van der Waals surface area contributed by atoms with Gasteiger partial charge < -0.3 is 24.4 Å². The van der Waals surface area contributed by atoms with E-state index in [2.05, 4.69) is 10.4 Å². The minimum atomic E-state index is -0.512. The van der Waals surface area contributed by atoms with Gasteiger partial charge in [-0.15, -0.1) is 11.3 Å². The molecule has 0 spiro atoms. The highest BCUT2D eigenvalue weighted by atomic mass is 32.1. The first-order valence-electron chi connectivity index (χ1n) is 11.7. The maximum Gasteiger partial charge on any atom is 0.231 e. The van der Waals surface area contributed by atoms with E-state index < -0.39 is 5.92 Å². The number of nitrogens with one attached hydrogen (secondary N) is 1. The number of thiazole rings is 1. The van der Waals surface area contributed by atoms with Crippen molar-refractivity contribution in [2.24, 2.45) is 5.92 Å². The van der Waals surface area contributed by atoms with Gasteiger partial charge in [0.2, 0.25) is 23.7 Å². The van der Waals surface area contributed by atoms with Crippen molar-refractivity contribution >= 4 is 34.7 Å². The van der Waals surface area contributed by atoms with Crippen molar-refractivity contribution in [1.29, 1.82) is 0 Å². The molecule has 2 aliphatic heterocycles. The zero-order valence-electron chi connectivity index (χ0n) is 20.1. The first kappa shape index (κ1) is 23.0. The average Bonchev–Trinajstić information content (AvgIpc) is 3.70. The molecule has 2 amide bonds. The number of amides is 2. The molecule has 11 heteroatoms. The van der Waals surface area contributed by atoms with E-state index in [-0.39, 0.29) is 31.6 Å². The van der Waals surface area contributed by atoms with Crippen LogP contribution in [0.15, 0.2) is 53.9 Å². The van der Waals surface area contributed by atoms with Crippen molar-refractivity contribution in [2.45, 2.75) is 13.3 Å². The Kier molecular flexibility index (Phi) is 5.76. The fourth-order valence-corrected chi connectivity index (χ4v) is 5.28. The van der Waals surface area contributed by atoms with Gasteiger partial charge in [0, 0.05) is 30.0 Å². The van der Waals surface area contributed by atoms with Gasteiger partial charge in [-0.05, 0) is 37.3 Å². The lowest BCUT2D eigenvalue weighted by molar-refractivity contribution is -0.122. The van der Waals surface area contributed by atoms with Gasteiger partial charge in [-0.3, -0.25) is 9.59 Å². The highest BCUT2D eigenvalue weighted by molar-refractivity contribution is 7.12. The standard InChI is InChI=1S/C26H23N5O5S/c1-15-9-23(28-25(33)17-11-24(32)30(12-17)19-5-3-4-6-20(19)34-2)31(29-15)26-27-18(13-37-26)16-7-8-21-22(10-16)36-14-35-21/h3-10,13,17H,11-12,14H2,1-2H3,(H,28,33). The molecule has 10 nitrogen and oxygen atoms in total. The lowest BCUT2D eigenvalue weighted by atomic mass is 10.1. The van der Waals surface area contributed by atoms with E-state index in [1.165, 1.54) is 11.3 Å². The molecule has 1 unspecified atom stereocenters. The molecule has 2 aliphatic rings. The van der Waals surface area contributed by atoms with Crippen LogP contribution in [-0.2, 0) is 9.59 Å². The quantitative estimate of drug-likeness (QED) is 0.411. The Hall–Kier alpha value is -4.38. The van der Waals surface area contributed by atoms with Crippen molar-refractivity contribution in [3.05, 3.63) is 59.6 Å². The number of carbonyl (C=O) groups is 2. The third-order valence-electron chi connectivity index (χ3n) is 6.30. The summed E-state index contributed by atoms with van der Waals surface area (Å²) in [6.45, 7) is 2.32. The van der Waals surface area contributed by atoms with Gasteiger partial charge in [-0.25, -0.2) is 4.98 Å². The van der Waals surface area contributed by atoms with E-state index in [9.17, 15) is 9.59 Å². The highest BCUT2D eigenvalue weighted by Crippen LogP contribution is 2.37. The predicted octanol–water partition coefficient (Wildman–Crippen LogP) is 4.03. The number of carbonyl (C=O) groups excluding carboxylic acids is 2. The molecule has 0 saturated carbocycles. The fourth-order valence-electron chi connectivity index (χ4n) is 4.48. The summed E-state index contributed by atoms with van der Waals surface area (Å²) < 4.78 is 17.9. The number of aromatic nitrogens is 3. The smallest absolute Gasteiger partial charge is 0.231 e. The molecular formula is C26H23N5O5S. The fraction of sp³-hybridized carbons (Fsp3) is 0.231. The molecule has 1 atom stereocenters. The topological polar surface area (TPSA) is 108 Å². The average molecular weight is 518 g/mol. The summed E-state index contributed by atoms with van der Waals surface area (Å²) in [4.78, 5) is 32.3. The Morgan fingerprint density at radius 1 is 1.16 bits per heavy atom. The number of nitrogens with zero attached hydrogens (tertiary/aromatic N) is 4. The zero-order valence-corrected chi connectivity index (χ0v) is 20.9. The first-order valence-corrected chi connectivity index (χ1v) is 12.5. The molecule has 0 aliphatic carbocycles. The van der Waals surface area contributed by atoms with Crippen LogP contribution in [0.1, 0.15) is 12.1 Å². The number of methoxy groups -OCH3 is 1. The minimum absolute atomic E-state index is 0.114. The van der Waals surface area contributed by atoms with Crippen LogP contribution in [0, 0.1) is 12.8 Å². The molecule has 0 bridgehead atoms. The van der Waals surface area contributed by atoms with Crippen LogP contribution < -0.4 is 24.4 Å². The number of hydrogen-bond acceptors (Lipinski definition) is 8. The van der Waals surface area contributed by atoms with E-state index >= 15 is 0 Å². The maximum absolute atomic E-state index is 13.2. The van der Waals surface area contributed by atoms with Crippen molar-refractivity contribution in [3.8, 4) is 33.6 Å². The second-order valence-electron chi connectivity index (χ2n) is 8.73. The molecule has 4 heterocycles. The van der Waals surface area contributed by atoms with Crippen LogP contribution in [0.5, 0.6) is 17.2 Å². The summed E-state index contributed by atoms with van der Waals surface area (Å²) in [5, 5.41) is 10.0. The van der Waals surface area contributed by atoms with Crippen LogP contribution >= 0.6 is 11.3 Å². The molecule has 2 aromatic carbocycles. The Morgan fingerprint density at radius 2 is 2.00 bits per heavy atom. The number of benzene rings is 2. The van der Waals surface area contributed by atoms with Gasteiger partial charge in [0.15, 0.2) is 11.5 Å². The van der Waals surface area contributed by atoms with Gasteiger partial charge in [0.25, 0.3) is 0 Å². The summed E-state index contributed by atoms with van der Waals surface area (Å²) in [6.07, 6.45) is 0.114. The molecule has 2 aromatic heterocycles. The molecule has 1 saturated heterocycles. The van der Waals surface area contributed by atoms with Gasteiger partial charge in [-0.2, -0.15) is 9.78 Å². The van der Waals surface area contributed by atoms with Crippen molar-refractivity contribution in [1.82, 2.24) is 14.8 Å². The third kappa shape index (κ3) is 4.27. The van der Waals surface area contributed by atoms with E-state index in [4.69, 9.17) is 19.2 Å². The lowest BCUT2D eigenvalue weighted by Crippen LogP contribution is -2.28. The lowest BCUT2D eigenvalue weighted by Gasteiger charge is -2.19. The second kappa shape index (κ2) is 9.25. The Morgan fingerprint density at radius 3 is 2.86 bits per heavy atom. The number of para-hydroxylation sites is 2. The minimum Gasteiger partial charge on any atom is -0.495 e. The molecule has 37 heavy (non-hydrogen) atoms. The summed E-state index contributed by atoms with van der Waals surface area (Å²) in [5.41, 5.74) is 3.04. The maximum atomic E-state index is 13.2. The number of ether oxygens (including phenoxy) is 3. The van der Waals surface area contributed by atoms with Crippen molar-refractivity contribution < 1.29 is 23.8 Å². The Labute approximate surface area is 216 Å². The van der Waals surface area contributed by atoms with Crippen LogP contribution in [-0.4, -0.2) is 47.0 Å². The van der Waals surface area contributed by atoms with E-state index in [1.807, 2.05) is 48.7 Å². The van der Waals surface area contributed by atoms with Crippen molar-refractivity contribution in [2.75, 3.05) is 30.7 Å². The molecule has 0 radical (unpaired) electrons. The number of rotatable bonds is 6. The summed E-state index contributed by atoms with van der Waals surface area (Å²) in [5.74, 6) is 1.60. The molecule has 6 rings (SSSR count). The highest BCUT2D eigenvalue weighted by Gasteiger charge is 2.36. The SMILES string of the molecule is COc1ccccc1N1CC(C(=O)Nc2cc(C)nn2-c2nc(-c3ccc4c(c3)OCO4)cs2)CC1=O. The normalized spacial score (nSPS) is 16.3. The molecule has 1 fully saturated rings. The molecule has 188 valence electrons. The number of fused-ring (bicyclic) bond motifs is 1. The van der Waals surface area contributed by atoms with Crippen LogP contribution in [0.3, 0.4) is 0 Å². The van der Waals surface area contributed by atoms with Gasteiger partial charge in [0.05, 0.1) is 30.1 Å². The van der Waals surface area contributed by atoms with Gasteiger partial charge in [-0.1, -0.05) is 12.1 Å². The summed E-state index contributed by atoms with van der Waals surface area (Å²) in [7, 11) is 1.56. The van der Waals surface area contributed by atoms with E-state index in [1.54, 1.807) is 28.8 Å². The first-order chi connectivity index (χ1) is 18.0. The number of hydrogen-bond donors (Lipinski definition) is 1. The third-order valence-corrected chi connectivity index (χ3v) is 7.11. The second-order valence-corrected chi connectivity index (χ2v) is 9.57. The molecule has 1 N–H and O–H groups in total. The van der Waals surface area contributed by atoms with Gasteiger partial charge >= 0.3 is 0 Å². The molecular weight excluding hydrogens is 494 g/mol. The van der Waals surface area contributed by atoms with Crippen LogP contribution in [0.4, 0.5) is 11.5 Å². The predicted molar refractivity (Wildman–Crippen MR) is 138 cm³/mol.